The van der Waals surface area contributed by atoms with Crippen LogP contribution in [0.1, 0.15) is 32.6 Å². The first-order chi connectivity index (χ1) is 8.20. The lowest BCUT2D eigenvalue weighted by Gasteiger charge is -2.26. The Bertz CT molecular complexity index is 486. The van der Waals surface area contributed by atoms with Crippen molar-refractivity contribution in [2.24, 2.45) is 0 Å². The molecule has 1 aromatic heterocycles. The van der Waals surface area contributed by atoms with E-state index in [1.807, 2.05) is 13.0 Å². The average molecular weight is 291 g/mol. The minimum absolute atomic E-state index is 0.102. The van der Waals surface area contributed by atoms with Gasteiger partial charge in [-0.15, -0.1) is 11.3 Å². The van der Waals surface area contributed by atoms with Crippen molar-refractivity contribution < 1.29 is 13.5 Å². The first-order valence-corrected chi connectivity index (χ1v) is 8.27. The van der Waals surface area contributed by atoms with Crippen LogP contribution in [0.2, 0.25) is 0 Å². The summed E-state index contributed by atoms with van der Waals surface area (Å²) in [7, 11) is -3.48. The number of rotatable bonds is 6. The highest BCUT2D eigenvalue weighted by Gasteiger charge is 2.29. The van der Waals surface area contributed by atoms with E-state index in [1.54, 1.807) is 26.8 Å². The summed E-state index contributed by atoms with van der Waals surface area (Å²) < 4.78 is 26.5. The van der Waals surface area contributed by atoms with Crippen molar-refractivity contribution in [3.05, 3.63) is 17.0 Å². The Hall–Kier alpha value is -0.430. The van der Waals surface area contributed by atoms with Crippen molar-refractivity contribution in [3.63, 3.8) is 0 Å². The van der Waals surface area contributed by atoms with Crippen molar-refractivity contribution in [3.8, 4) is 0 Å². The molecule has 6 heteroatoms. The third kappa shape index (κ3) is 3.78. The average Bonchev–Trinajstić information content (AvgIpc) is 2.73. The van der Waals surface area contributed by atoms with Crippen LogP contribution in [-0.4, -0.2) is 36.5 Å². The van der Waals surface area contributed by atoms with E-state index in [-0.39, 0.29) is 6.54 Å². The zero-order valence-electron chi connectivity index (χ0n) is 11.3. The van der Waals surface area contributed by atoms with E-state index in [0.29, 0.717) is 10.8 Å². The van der Waals surface area contributed by atoms with Gasteiger partial charge in [-0.1, -0.05) is 13.8 Å². The summed E-state index contributed by atoms with van der Waals surface area (Å²) in [5, 5.41) is 9.78. The maximum atomic E-state index is 12.4. The first kappa shape index (κ1) is 15.6. The molecule has 1 heterocycles. The molecule has 0 aromatic carbocycles. The maximum absolute atomic E-state index is 12.4. The van der Waals surface area contributed by atoms with Gasteiger partial charge in [-0.3, -0.25) is 0 Å². The standard InChI is InChI=1S/C12H21NO3S2/c1-5-10-7-8-11(17-10)18(15,16)13(6-2)9-12(3,4)14/h7-8,14H,5-6,9H2,1-4H3. The van der Waals surface area contributed by atoms with Crippen molar-refractivity contribution in [1.82, 2.24) is 4.31 Å². The molecule has 0 fully saturated rings. The predicted molar refractivity (Wildman–Crippen MR) is 74.4 cm³/mol. The number of aliphatic hydroxyl groups is 1. The molecule has 0 saturated heterocycles. The Balaban J connectivity index is 3.03. The van der Waals surface area contributed by atoms with Gasteiger partial charge in [-0.25, -0.2) is 8.42 Å². The van der Waals surface area contributed by atoms with E-state index in [0.717, 1.165) is 11.3 Å². The van der Waals surface area contributed by atoms with Gasteiger partial charge in [0.15, 0.2) is 0 Å². The second kappa shape index (κ2) is 5.69. The van der Waals surface area contributed by atoms with E-state index in [1.165, 1.54) is 15.6 Å². The lowest BCUT2D eigenvalue weighted by molar-refractivity contribution is 0.0602. The highest BCUT2D eigenvalue weighted by Crippen LogP contribution is 2.26. The highest BCUT2D eigenvalue weighted by atomic mass is 32.2. The summed E-state index contributed by atoms with van der Waals surface area (Å²) in [4.78, 5) is 1.05. The molecule has 0 bridgehead atoms. The van der Waals surface area contributed by atoms with E-state index in [4.69, 9.17) is 0 Å². The lowest BCUT2D eigenvalue weighted by atomic mass is 10.1. The summed E-state index contributed by atoms with van der Waals surface area (Å²) in [6.07, 6.45) is 0.831. The predicted octanol–water partition coefficient (Wildman–Crippen LogP) is 2.09. The van der Waals surface area contributed by atoms with Crippen molar-refractivity contribution in [2.75, 3.05) is 13.1 Å². The Morgan fingerprint density at radius 1 is 1.33 bits per heavy atom. The van der Waals surface area contributed by atoms with Crippen molar-refractivity contribution in [2.45, 2.75) is 43.9 Å². The van der Waals surface area contributed by atoms with Crippen LogP contribution in [0.5, 0.6) is 0 Å². The van der Waals surface area contributed by atoms with Gasteiger partial charge >= 0.3 is 0 Å². The van der Waals surface area contributed by atoms with Crippen LogP contribution in [0.25, 0.3) is 0 Å². The monoisotopic (exact) mass is 291 g/mol. The summed E-state index contributed by atoms with van der Waals surface area (Å²) in [6.45, 7) is 7.44. The third-order valence-corrected chi connectivity index (χ3v) is 6.11. The zero-order valence-corrected chi connectivity index (χ0v) is 12.9. The van der Waals surface area contributed by atoms with Gasteiger partial charge in [0.1, 0.15) is 4.21 Å². The summed E-state index contributed by atoms with van der Waals surface area (Å²) in [5.74, 6) is 0. The van der Waals surface area contributed by atoms with Crippen LogP contribution in [0.3, 0.4) is 0 Å². The van der Waals surface area contributed by atoms with Crippen molar-refractivity contribution in [1.29, 1.82) is 0 Å². The number of hydrogen-bond donors (Lipinski definition) is 1. The van der Waals surface area contributed by atoms with Crippen LogP contribution in [-0.2, 0) is 16.4 Å². The van der Waals surface area contributed by atoms with E-state index >= 15 is 0 Å². The number of hydrogen-bond acceptors (Lipinski definition) is 4. The normalized spacial score (nSPS) is 13.2. The van der Waals surface area contributed by atoms with Gasteiger partial charge < -0.3 is 5.11 Å². The number of aryl methyl sites for hydroxylation is 1. The number of nitrogens with zero attached hydrogens (tertiary/aromatic N) is 1. The molecule has 0 saturated carbocycles. The smallest absolute Gasteiger partial charge is 0.252 e. The van der Waals surface area contributed by atoms with Crippen LogP contribution in [0.4, 0.5) is 0 Å². The molecular weight excluding hydrogens is 270 g/mol. The molecule has 0 aliphatic carbocycles. The van der Waals surface area contributed by atoms with Gasteiger partial charge in [-0.2, -0.15) is 4.31 Å². The molecule has 4 nitrogen and oxygen atoms in total. The fourth-order valence-electron chi connectivity index (χ4n) is 1.61. The van der Waals surface area contributed by atoms with E-state index in [9.17, 15) is 13.5 Å². The topological polar surface area (TPSA) is 57.6 Å². The molecular formula is C12H21NO3S2. The summed E-state index contributed by atoms with van der Waals surface area (Å²) in [6, 6.07) is 3.49. The van der Waals surface area contributed by atoms with Crippen LogP contribution < -0.4 is 0 Å². The molecule has 18 heavy (non-hydrogen) atoms. The van der Waals surface area contributed by atoms with Crippen molar-refractivity contribution >= 4 is 21.4 Å². The van der Waals surface area contributed by atoms with E-state index < -0.39 is 15.6 Å². The molecule has 104 valence electrons. The number of sulfonamides is 1. The fourth-order valence-corrected chi connectivity index (χ4v) is 4.67. The molecule has 0 aliphatic heterocycles. The zero-order chi connectivity index (χ0) is 14.0. The minimum Gasteiger partial charge on any atom is -0.389 e. The molecule has 0 atom stereocenters. The molecule has 0 amide bonds. The van der Waals surface area contributed by atoms with Crippen LogP contribution in [0.15, 0.2) is 16.3 Å². The van der Waals surface area contributed by atoms with Gasteiger partial charge in [0.2, 0.25) is 0 Å². The molecule has 0 aliphatic rings. The van der Waals surface area contributed by atoms with Gasteiger partial charge in [0.25, 0.3) is 10.0 Å². The highest BCUT2D eigenvalue weighted by molar-refractivity contribution is 7.91. The first-order valence-electron chi connectivity index (χ1n) is 6.02. The summed E-state index contributed by atoms with van der Waals surface area (Å²) >= 11 is 1.30. The molecule has 0 radical (unpaired) electrons. The van der Waals surface area contributed by atoms with Crippen LogP contribution >= 0.6 is 11.3 Å². The SMILES string of the molecule is CCc1ccc(S(=O)(=O)N(CC)CC(C)(C)O)s1. The summed E-state index contributed by atoms with van der Waals surface area (Å²) in [5.41, 5.74) is -1.03. The maximum Gasteiger partial charge on any atom is 0.252 e. The third-order valence-electron chi connectivity index (χ3n) is 2.50. The quantitative estimate of drug-likeness (QED) is 0.873. The molecule has 1 N–H and O–H groups in total. The largest absolute Gasteiger partial charge is 0.389 e. The Kier molecular flexibility index (Phi) is 4.94. The Labute approximate surface area is 113 Å². The lowest BCUT2D eigenvalue weighted by Crippen LogP contribution is -2.41. The number of likely N-dealkylation sites (N-methyl/N-ethyl adjacent to an activating group) is 1. The minimum atomic E-state index is -3.48. The second-order valence-corrected chi connectivity index (χ2v) is 8.15. The van der Waals surface area contributed by atoms with Crippen LogP contribution in [0, 0.1) is 0 Å². The number of thiophene rings is 1. The van der Waals surface area contributed by atoms with Gasteiger partial charge in [-0.05, 0) is 32.4 Å². The fraction of sp³-hybridized carbons (Fsp3) is 0.667. The molecule has 1 aromatic rings. The van der Waals surface area contributed by atoms with Gasteiger partial charge in [0.05, 0.1) is 5.60 Å². The van der Waals surface area contributed by atoms with E-state index in [2.05, 4.69) is 0 Å². The Morgan fingerprint density at radius 3 is 2.33 bits per heavy atom. The second-order valence-electron chi connectivity index (χ2n) is 4.82. The molecule has 0 spiro atoms. The Morgan fingerprint density at radius 2 is 1.94 bits per heavy atom. The van der Waals surface area contributed by atoms with Gasteiger partial charge in [0, 0.05) is 18.0 Å². The molecule has 0 unspecified atom stereocenters. The molecule has 1 rings (SSSR count).